The van der Waals surface area contributed by atoms with Crippen LogP contribution in [0.3, 0.4) is 0 Å². The van der Waals surface area contributed by atoms with Crippen LogP contribution in [0.5, 0.6) is 5.75 Å². The highest BCUT2D eigenvalue weighted by atomic mass is 16.5. The van der Waals surface area contributed by atoms with Crippen LogP contribution in [0.4, 0.5) is 0 Å². The third kappa shape index (κ3) is 1.65. The van der Waals surface area contributed by atoms with Gasteiger partial charge in [-0.25, -0.2) is 4.98 Å². The van der Waals surface area contributed by atoms with Crippen molar-refractivity contribution in [3.63, 3.8) is 0 Å². The minimum Gasteiger partial charge on any atom is -0.493 e. The number of hydrogen-bond donors (Lipinski definition) is 1. The van der Waals surface area contributed by atoms with Crippen LogP contribution in [-0.2, 0) is 0 Å². The molecular weight excluding hydrogens is 208 g/mol. The normalized spacial score (nSPS) is 12.7. The standard InChI is InChI=1S/C11H12N2O3/c1-6(12)9(14)11-13-7-4-3-5-8(15-2)10(7)16-11/h3-6H,12H2,1-2H3. The van der Waals surface area contributed by atoms with Gasteiger partial charge in [-0.15, -0.1) is 0 Å². The molecule has 2 rings (SSSR count). The zero-order valence-electron chi connectivity index (χ0n) is 9.06. The van der Waals surface area contributed by atoms with E-state index in [4.69, 9.17) is 14.9 Å². The Hall–Kier alpha value is -1.88. The zero-order chi connectivity index (χ0) is 11.7. The highest BCUT2D eigenvalue weighted by Crippen LogP contribution is 2.26. The molecule has 0 aliphatic heterocycles. The molecule has 0 aliphatic rings. The molecule has 0 fully saturated rings. The molecule has 0 amide bonds. The highest BCUT2D eigenvalue weighted by Gasteiger charge is 2.19. The van der Waals surface area contributed by atoms with Crippen molar-refractivity contribution in [2.45, 2.75) is 13.0 Å². The summed E-state index contributed by atoms with van der Waals surface area (Å²) in [5.41, 5.74) is 6.53. The van der Waals surface area contributed by atoms with Gasteiger partial charge in [0.25, 0.3) is 5.89 Å². The number of nitrogens with two attached hydrogens (primary N) is 1. The Morgan fingerprint density at radius 3 is 2.94 bits per heavy atom. The highest BCUT2D eigenvalue weighted by molar-refractivity contribution is 5.98. The summed E-state index contributed by atoms with van der Waals surface area (Å²) in [6.45, 7) is 1.59. The van der Waals surface area contributed by atoms with Crippen LogP contribution in [-0.4, -0.2) is 23.9 Å². The Morgan fingerprint density at radius 1 is 1.56 bits per heavy atom. The van der Waals surface area contributed by atoms with Gasteiger partial charge in [0.05, 0.1) is 13.2 Å². The first-order chi connectivity index (χ1) is 7.63. The Kier molecular flexibility index (Phi) is 2.62. The number of benzene rings is 1. The second-order valence-corrected chi connectivity index (χ2v) is 3.48. The predicted molar refractivity (Wildman–Crippen MR) is 58.5 cm³/mol. The molecule has 0 bridgehead atoms. The van der Waals surface area contributed by atoms with Crippen molar-refractivity contribution in [2.24, 2.45) is 5.73 Å². The summed E-state index contributed by atoms with van der Waals surface area (Å²) in [6, 6.07) is 4.65. The number of Topliss-reactive ketones (excluding diaryl/α,β-unsaturated/α-hetero) is 1. The lowest BCUT2D eigenvalue weighted by Crippen LogP contribution is -2.26. The molecule has 16 heavy (non-hydrogen) atoms. The van der Waals surface area contributed by atoms with Gasteiger partial charge in [-0.2, -0.15) is 0 Å². The minimum atomic E-state index is -0.626. The maximum atomic E-state index is 11.6. The lowest BCUT2D eigenvalue weighted by Gasteiger charge is -1.98. The van der Waals surface area contributed by atoms with Crippen LogP contribution >= 0.6 is 0 Å². The molecule has 1 aromatic carbocycles. The first-order valence-corrected chi connectivity index (χ1v) is 4.87. The molecule has 0 saturated heterocycles. The molecule has 1 atom stereocenters. The zero-order valence-corrected chi connectivity index (χ0v) is 9.06. The van der Waals surface area contributed by atoms with Gasteiger partial charge < -0.3 is 14.9 Å². The van der Waals surface area contributed by atoms with Crippen molar-refractivity contribution < 1.29 is 13.9 Å². The van der Waals surface area contributed by atoms with Crippen LogP contribution in [0.25, 0.3) is 11.1 Å². The van der Waals surface area contributed by atoms with Crippen molar-refractivity contribution in [3.8, 4) is 5.75 Å². The van der Waals surface area contributed by atoms with Gasteiger partial charge in [0.2, 0.25) is 5.78 Å². The molecule has 0 aliphatic carbocycles. The molecule has 84 valence electrons. The average molecular weight is 220 g/mol. The van der Waals surface area contributed by atoms with E-state index in [1.165, 1.54) is 7.11 Å². The fourth-order valence-corrected chi connectivity index (χ4v) is 1.38. The van der Waals surface area contributed by atoms with Crippen molar-refractivity contribution in [1.29, 1.82) is 0 Å². The number of ketones is 1. The molecule has 1 aromatic heterocycles. The largest absolute Gasteiger partial charge is 0.493 e. The summed E-state index contributed by atoms with van der Waals surface area (Å²) in [4.78, 5) is 15.7. The molecular formula is C11H12N2O3. The van der Waals surface area contributed by atoms with Crippen LogP contribution in [0.15, 0.2) is 22.6 Å². The van der Waals surface area contributed by atoms with Crippen molar-refractivity contribution in [1.82, 2.24) is 4.98 Å². The van der Waals surface area contributed by atoms with E-state index in [0.717, 1.165) is 0 Å². The number of para-hydroxylation sites is 1. The number of fused-ring (bicyclic) bond motifs is 1. The summed E-state index contributed by atoms with van der Waals surface area (Å²) in [5, 5.41) is 0. The van der Waals surface area contributed by atoms with Gasteiger partial charge >= 0.3 is 0 Å². The first kappa shape index (κ1) is 10.6. The Morgan fingerprint density at radius 2 is 2.31 bits per heavy atom. The lowest BCUT2D eigenvalue weighted by atomic mass is 10.2. The van der Waals surface area contributed by atoms with E-state index in [-0.39, 0.29) is 11.7 Å². The molecule has 0 saturated carbocycles. The molecule has 5 nitrogen and oxygen atoms in total. The number of nitrogens with zero attached hydrogens (tertiary/aromatic N) is 1. The van der Waals surface area contributed by atoms with E-state index in [1.807, 2.05) is 0 Å². The van der Waals surface area contributed by atoms with E-state index in [9.17, 15) is 4.79 Å². The smallest absolute Gasteiger partial charge is 0.266 e. The topological polar surface area (TPSA) is 78.3 Å². The fourth-order valence-electron chi connectivity index (χ4n) is 1.38. The molecule has 2 aromatic rings. The Bertz CT molecular complexity index is 531. The van der Waals surface area contributed by atoms with Gasteiger partial charge in [0.15, 0.2) is 11.3 Å². The second kappa shape index (κ2) is 3.94. The van der Waals surface area contributed by atoms with Gasteiger partial charge in [0, 0.05) is 0 Å². The van der Waals surface area contributed by atoms with Crippen LogP contribution in [0.2, 0.25) is 0 Å². The summed E-state index contributed by atoms with van der Waals surface area (Å²) in [7, 11) is 1.53. The number of oxazole rings is 1. The third-order valence-corrected chi connectivity index (χ3v) is 2.22. The summed E-state index contributed by atoms with van der Waals surface area (Å²) < 4.78 is 10.5. The average Bonchev–Trinajstić information content (AvgIpc) is 2.70. The van der Waals surface area contributed by atoms with Crippen molar-refractivity contribution in [3.05, 3.63) is 24.1 Å². The molecule has 0 radical (unpaired) electrons. The number of aromatic nitrogens is 1. The van der Waals surface area contributed by atoms with Gasteiger partial charge in [-0.3, -0.25) is 4.79 Å². The summed E-state index contributed by atoms with van der Waals surface area (Å²) in [5.74, 6) is 0.251. The summed E-state index contributed by atoms with van der Waals surface area (Å²) >= 11 is 0. The van der Waals surface area contributed by atoms with E-state index in [2.05, 4.69) is 4.98 Å². The van der Waals surface area contributed by atoms with Crippen LogP contribution in [0.1, 0.15) is 17.6 Å². The predicted octanol–water partition coefficient (Wildman–Crippen LogP) is 1.37. The number of rotatable bonds is 3. The van der Waals surface area contributed by atoms with Gasteiger partial charge in [-0.05, 0) is 19.1 Å². The number of methoxy groups -OCH3 is 1. The van der Waals surface area contributed by atoms with Crippen molar-refractivity contribution in [2.75, 3.05) is 7.11 Å². The fraction of sp³-hybridized carbons (Fsp3) is 0.273. The van der Waals surface area contributed by atoms with Gasteiger partial charge in [0.1, 0.15) is 5.52 Å². The maximum absolute atomic E-state index is 11.6. The van der Waals surface area contributed by atoms with E-state index < -0.39 is 6.04 Å². The van der Waals surface area contributed by atoms with Crippen LogP contribution < -0.4 is 10.5 Å². The third-order valence-electron chi connectivity index (χ3n) is 2.22. The monoisotopic (exact) mass is 220 g/mol. The SMILES string of the molecule is COc1cccc2nc(C(=O)C(C)N)oc12. The van der Waals surface area contributed by atoms with E-state index in [1.54, 1.807) is 25.1 Å². The minimum absolute atomic E-state index is 0.0227. The molecule has 0 spiro atoms. The Balaban J connectivity index is 2.56. The second-order valence-electron chi connectivity index (χ2n) is 3.48. The van der Waals surface area contributed by atoms with Crippen molar-refractivity contribution >= 4 is 16.9 Å². The van der Waals surface area contributed by atoms with Crippen LogP contribution in [0, 0.1) is 0 Å². The van der Waals surface area contributed by atoms with E-state index in [0.29, 0.717) is 16.8 Å². The lowest BCUT2D eigenvalue weighted by molar-refractivity contribution is 0.0936. The molecule has 1 unspecified atom stereocenters. The van der Waals surface area contributed by atoms with Gasteiger partial charge in [-0.1, -0.05) is 6.07 Å². The molecule has 1 heterocycles. The summed E-state index contributed by atoms with van der Waals surface area (Å²) in [6.07, 6.45) is 0. The van der Waals surface area contributed by atoms with E-state index >= 15 is 0 Å². The quantitative estimate of drug-likeness (QED) is 0.790. The first-order valence-electron chi connectivity index (χ1n) is 4.87. The molecule has 2 N–H and O–H groups in total. The number of ether oxygens (including phenoxy) is 1. The number of hydrogen-bond acceptors (Lipinski definition) is 5. The number of carbonyl (C=O) groups excluding carboxylic acids is 1. The maximum Gasteiger partial charge on any atom is 0.266 e. The molecule has 5 heteroatoms. The Labute approximate surface area is 92.2 Å². The number of carbonyl (C=O) groups is 1.